The van der Waals surface area contributed by atoms with Gasteiger partial charge in [-0.3, -0.25) is 4.79 Å². The summed E-state index contributed by atoms with van der Waals surface area (Å²) in [7, 11) is 2.42. The summed E-state index contributed by atoms with van der Waals surface area (Å²) in [6, 6.07) is 3.84. The zero-order valence-corrected chi connectivity index (χ0v) is 15.3. The Kier molecular flexibility index (Phi) is 6.54. The van der Waals surface area contributed by atoms with Gasteiger partial charge in [-0.2, -0.15) is 0 Å². The van der Waals surface area contributed by atoms with Crippen LogP contribution in [-0.4, -0.2) is 32.1 Å². The average Bonchev–Trinajstić information content (AvgIpc) is 3.24. The maximum absolute atomic E-state index is 11.9. The van der Waals surface area contributed by atoms with E-state index in [1.165, 1.54) is 14.2 Å². The predicted molar refractivity (Wildman–Crippen MR) is 93.8 cm³/mol. The highest BCUT2D eigenvalue weighted by Gasteiger charge is 2.28. The fraction of sp³-hybridized carbons (Fsp3) is 0.312. The first-order valence-corrected chi connectivity index (χ1v) is 8.93. The minimum atomic E-state index is -0.700. The molecule has 2 N–H and O–H groups in total. The summed E-state index contributed by atoms with van der Waals surface area (Å²) in [4.78, 5) is 36.9. The van der Waals surface area contributed by atoms with Gasteiger partial charge < -0.3 is 19.9 Å². The minimum Gasteiger partial charge on any atom is -0.465 e. The summed E-state index contributed by atoms with van der Waals surface area (Å²) in [5.41, 5.74) is 6.04. The molecule has 25 heavy (non-hydrogen) atoms. The van der Waals surface area contributed by atoms with Gasteiger partial charge in [0.15, 0.2) is 0 Å². The maximum Gasteiger partial charge on any atom is 0.348 e. The molecule has 7 nitrogen and oxygen atoms in total. The number of thiophene rings is 2. The molecule has 2 rings (SSSR count). The van der Waals surface area contributed by atoms with Crippen LogP contribution in [0, 0.1) is 0 Å². The first-order valence-electron chi connectivity index (χ1n) is 7.23. The van der Waals surface area contributed by atoms with Crippen LogP contribution in [0.4, 0.5) is 5.00 Å². The summed E-state index contributed by atoms with van der Waals surface area (Å²) >= 11 is 2.45. The second-order valence-corrected chi connectivity index (χ2v) is 6.96. The van der Waals surface area contributed by atoms with Crippen LogP contribution in [0.1, 0.15) is 36.9 Å². The predicted octanol–water partition coefficient (Wildman–Crippen LogP) is 2.64. The molecular weight excluding hydrogens is 366 g/mol. The van der Waals surface area contributed by atoms with Gasteiger partial charge in [-0.15, -0.1) is 22.7 Å². The molecular formula is C16H17NO6S2. The van der Waals surface area contributed by atoms with Gasteiger partial charge in [0.2, 0.25) is 0 Å². The zero-order chi connectivity index (χ0) is 18.4. The van der Waals surface area contributed by atoms with Gasteiger partial charge >= 0.3 is 17.9 Å². The lowest BCUT2D eigenvalue weighted by Crippen LogP contribution is -2.12. The van der Waals surface area contributed by atoms with Crippen molar-refractivity contribution in [1.82, 2.24) is 0 Å². The largest absolute Gasteiger partial charge is 0.465 e. The minimum absolute atomic E-state index is 0.0268. The number of hydrogen-bond donors (Lipinski definition) is 1. The molecule has 2 aromatic heterocycles. The van der Waals surface area contributed by atoms with Gasteiger partial charge in [-0.25, -0.2) is 9.59 Å². The summed E-state index contributed by atoms with van der Waals surface area (Å²) < 4.78 is 14.6. The third-order valence-corrected chi connectivity index (χ3v) is 5.31. The topological polar surface area (TPSA) is 105 Å². The van der Waals surface area contributed by atoms with E-state index < -0.39 is 17.9 Å². The standard InChI is InChI=1S/C16H17NO6S2/c1-21-15(19)12-10(13(16(20)22-2)25-14(12)17)8-23-11(18)6-5-9-4-3-7-24-9/h3-4,7H,5-6,8,17H2,1-2H3. The van der Waals surface area contributed by atoms with Crippen molar-refractivity contribution in [2.45, 2.75) is 19.4 Å². The number of nitrogens with two attached hydrogens (primary N) is 1. The van der Waals surface area contributed by atoms with Crippen LogP contribution in [0.25, 0.3) is 0 Å². The number of carbonyl (C=O) groups excluding carboxylic acids is 3. The zero-order valence-electron chi connectivity index (χ0n) is 13.7. The molecule has 0 aliphatic heterocycles. The van der Waals surface area contributed by atoms with Crippen molar-refractivity contribution >= 4 is 45.6 Å². The van der Waals surface area contributed by atoms with E-state index >= 15 is 0 Å². The quantitative estimate of drug-likeness (QED) is 0.579. The molecule has 0 aliphatic carbocycles. The van der Waals surface area contributed by atoms with E-state index in [2.05, 4.69) is 9.47 Å². The maximum atomic E-state index is 11.9. The summed E-state index contributed by atoms with van der Waals surface area (Å²) in [6.45, 7) is -0.258. The second-order valence-electron chi connectivity index (χ2n) is 4.87. The molecule has 0 fully saturated rings. The Morgan fingerprint density at radius 3 is 2.48 bits per heavy atom. The molecule has 0 atom stereocenters. The SMILES string of the molecule is COC(=O)c1sc(N)c(C(=O)OC)c1COC(=O)CCc1cccs1. The lowest BCUT2D eigenvalue weighted by atomic mass is 10.1. The number of ether oxygens (including phenoxy) is 3. The summed E-state index contributed by atoms with van der Waals surface area (Å²) in [5.74, 6) is -1.80. The number of carbonyl (C=O) groups is 3. The van der Waals surface area contributed by atoms with E-state index in [1.54, 1.807) is 11.3 Å². The van der Waals surface area contributed by atoms with Gasteiger partial charge in [0.05, 0.1) is 20.6 Å². The Bertz CT molecular complexity index is 766. The molecule has 0 spiro atoms. The average molecular weight is 383 g/mol. The van der Waals surface area contributed by atoms with Crippen LogP contribution in [0.3, 0.4) is 0 Å². The smallest absolute Gasteiger partial charge is 0.348 e. The lowest BCUT2D eigenvalue weighted by Gasteiger charge is -2.08. The Morgan fingerprint density at radius 2 is 1.88 bits per heavy atom. The molecule has 0 aliphatic rings. The van der Waals surface area contributed by atoms with Crippen molar-refractivity contribution in [1.29, 1.82) is 0 Å². The van der Waals surface area contributed by atoms with E-state index in [0.29, 0.717) is 6.42 Å². The third kappa shape index (κ3) is 4.58. The molecule has 9 heteroatoms. The number of hydrogen-bond acceptors (Lipinski definition) is 9. The molecule has 2 aromatic rings. The molecule has 0 unspecified atom stereocenters. The Labute approximate surface area is 152 Å². The van der Waals surface area contributed by atoms with Gasteiger partial charge in [0.25, 0.3) is 0 Å². The van der Waals surface area contributed by atoms with Gasteiger partial charge in [0.1, 0.15) is 22.0 Å². The summed E-state index contributed by atoms with van der Waals surface area (Å²) in [5, 5.41) is 2.04. The highest BCUT2D eigenvalue weighted by Crippen LogP contribution is 2.33. The van der Waals surface area contributed by atoms with Crippen molar-refractivity contribution in [3.8, 4) is 0 Å². The van der Waals surface area contributed by atoms with Crippen molar-refractivity contribution in [3.05, 3.63) is 38.4 Å². The monoisotopic (exact) mass is 383 g/mol. The highest BCUT2D eigenvalue weighted by molar-refractivity contribution is 7.18. The van der Waals surface area contributed by atoms with Crippen LogP contribution >= 0.6 is 22.7 Å². The molecule has 0 aromatic carbocycles. The first-order chi connectivity index (χ1) is 12.0. The molecule has 0 amide bonds. The van der Waals surface area contributed by atoms with Gasteiger partial charge in [-0.1, -0.05) is 6.07 Å². The van der Waals surface area contributed by atoms with Gasteiger partial charge in [-0.05, 0) is 17.9 Å². The molecule has 0 saturated carbocycles. The van der Waals surface area contributed by atoms with E-state index in [-0.39, 0.29) is 34.0 Å². The first kappa shape index (κ1) is 18.9. The molecule has 2 heterocycles. The Balaban J connectivity index is 2.12. The van der Waals surface area contributed by atoms with Crippen molar-refractivity contribution in [2.75, 3.05) is 20.0 Å². The molecule has 0 bridgehead atoms. The van der Waals surface area contributed by atoms with E-state index in [1.807, 2.05) is 17.5 Å². The Morgan fingerprint density at radius 1 is 1.16 bits per heavy atom. The summed E-state index contributed by atoms with van der Waals surface area (Å²) in [6.07, 6.45) is 0.761. The molecule has 0 saturated heterocycles. The highest BCUT2D eigenvalue weighted by atomic mass is 32.1. The van der Waals surface area contributed by atoms with Crippen LogP contribution in [0.2, 0.25) is 0 Å². The van der Waals surface area contributed by atoms with E-state index in [9.17, 15) is 14.4 Å². The van der Waals surface area contributed by atoms with Crippen molar-refractivity contribution in [3.63, 3.8) is 0 Å². The van der Waals surface area contributed by atoms with Crippen LogP contribution in [0.5, 0.6) is 0 Å². The second kappa shape index (κ2) is 8.63. The van der Waals surface area contributed by atoms with Crippen molar-refractivity contribution < 1.29 is 28.6 Å². The Hall–Kier alpha value is -2.39. The molecule has 134 valence electrons. The number of methoxy groups -OCH3 is 2. The normalized spacial score (nSPS) is 10.3. The fourth-order valence-corrected chi connectivity index (χ4v) is 3.80. The van der Waals surface area contributed by atoms with Crippen molar-refractivity contribution in [2.24, 2.45) is 0 Å². The van der Waals surface area contributed by atoms with E-state index in [4.69, 9.17) is 10.5 Å². The number of rotatable bonds is 7. The fourth-order valence-electron chi connectivity index (χ4n) is 2.11. The van der Waals surface area contributed by atoms with E-state index in [0.717, 1.165) is 16.2 Å². The van der Waals surface area contributed by atoms with Crippen LogP contribution in [-0.2, 0) is 32.0 Å². The number of nitrogen functional groups attached to an aromatic ring is 1. The number of aryl methyl sites for hydroxylation is 1. The van der Waals surface area contributed by atoms with Crippen LogP contribution in [0.15, 0.2) is 17.5 Å². The molecule has 0 radical (unpaired) electrons. The lowest BCUT2D eigenvalue weighted by molar-refractivity contribution is -0.144. The number of anilines is 1. The third-order valence-electron chi connectivity index (χ3n) is 3.33. The van der Waals surface area contributed by atoms with Crippen LogP contribution < -0.4 is 5.73 Å². The number of esters is 3. The van der Waals surface area contributed by atoms with Gasteiger partial charge in [0, 0.05) is 10.4 Å².